The summed E-state index contributed by atoms with van der Waals surface area (Å²) < 4.78 is 20.8. The second kappa shape index (κ2) is 12.7. The normalized spacial score (nSPS) is 24.4. The van der Waals surface area contributed by atoms with Gasteiger partial charge in [0.25, 0.3) is 5.91 Å². The summed E-state index contributed by atoms with van der Waals surface area (Å²) in [5, 5.41) is 13.1. The number of ether oxygens (including phenoxy) is 1. The van der Waals surface area contributed by atoms with Crippen LogP contribution in [0.2, 0.25) is 0 Å². The number of carbonyl (C=O) groups is 4. The summed E-state index contributed by atoms with van der Waals surface area (Å²) in [5.74, 6) is -1.61. The highest BCUT2D eigenvalue weighted by Gasteiger charge is 2.50. The maximum Gasteiger partial charge on any atom is 0.471 e. The number of aromatic amines is 1. The van der Waals surface area contributed by atoms with Crippen molar-refractivity contribution in [2.45, 2.75) is 50.6 Å². The van der Waals surface area contributed by atoms with Crippen molar-refractivity contribution in [3.63, 3.8) is 0 Å². The maximum absolute atomic E-state index is 13.8. The lowest BCUT2D eigenvalue weighted by atomic mass is 9.92. The van der Waals surface area contributed by atoms with E-state index in [1.807, 2.05) is 12.1 Å². The largest absolute Gasteiger partial charge is 0.496 e. The number of methoxy groups -OCH3 is 1. The first-order chi connectivity index (χ1) is 20.5. The van der Waals surface area contributed by atoms with Crippen molar-refractivity contribution in [1.29, 1.82) is 0 Å². The highest BCUT2D eigenvalue weighted by atomic mass is 31.2. The minimum atomic E-state index is -4.74. The van der Waals surface area contributed by atoms with Crippen LogP contribution >= 0.6 is 7.82 Å². The van der Waals surface area contributed by atoms with Gasteiger partial charge in [0.05, 0.1) is 13.2 Å². The summed E-state index contributed by atoms with van der Waals surface area (Å²) >= 11 is 0. The second-order valence-electron chi connectivity index (χ2n) is 11.5. The molecule has 2 aromatic rings. The standard InChI is InChI=1S/C28H37N4O10P/c1-41-24-7-3-6-20-19(24)12-22(29-20)28(37)32-13-17-4-2-5-18(17)25(32)26(35)30-21(23(34)14-33)9-8-16-10-11-31(27(16)36)15-42-43(38,39)40/h3,6-7,12,16-18,21,25,29,33H,2,4-5,8-11,13-15H2,1H3,(H,30,35)(H2,38,39,40)/t16-,17+,18+,21+,25+/m1/s1. The van der Waals surface area contributed by atoms with Crippen LogP contribution in [-0.2, 0) is 23.5 Å². The molecule has 0 bridgehead atoms. The van der Waals surface area contributed by atoms with Gasteiger partial charge in [0.2, 0.25) is 11.8 Å². The Morgan fingerprint density at radius 3 is 2.72 bits per heavy atom. The van der Waals surface area contributed by atoms with Crippen molar-refractivity contribution in [2.75, 3.05) is 33.5 Å². The zero-order chi connectivity index (χ0) is 30.9. The summed E-state index contributed by atoms with van der Waals surface area (Å²) in [7, 11) is -3.19. The van der Waals surface area contributed by atoms with Gasteiger partial charge in [-0.1, -0.05) is 12.5 Å². The Morgan fingerprint density at radius 1 is 1.21 bits per heavy atom. The smallest absolute Gasteiger partial charge is 0.471 e. The topological polar surface area (TPSA) is 199 Å². The molecule has 3 amide bonds. The SMILES string of the molecule is COc1cccc2[nH]c(C(=O)N3C[C@@H]4CCC[C@@H]4[C@H]3C(=O)N[C@@H](CC[C@@H]3CCN(COP(=O)(O)O)C3=O)C(=O)CO)cc12. The monoisotopic (exact) mass is 620 g/mol. The van der Waals surface area contributed by atoms with Crippen molar-refractivity contribution in [3.05, 3.63) is 30.0 Å². The third-order valence-corrected chi connectivity index (χ3v) is 9.40. The molecule has 5 N–H and O–H groups in total. The summed E-state index contributed by atoms with van der Waals surface area (Å²) in [5.41, 5.74) is 1.05. The minimum absolute atomic E-state index is 0.0632. The molecular weight excluding hydrogens is 583 g/mol. The van der Waals surface area contributed by atoms with Crippen molar-refractivity contribution >= 4 is 42.2 Å². The van der Waals surface area contributed by atoms with E-state index in [-0.39, 0.29) is 43.0 Å². The van der Waals surface area contributed by atoms with Gasteiger partial charge >= 0.3 is 7.82 Å². The van der Waals surface area contributed by atoms with Crippen LogP contribution in [0.1, 0.15) is 49.0 Å². The van der Waals surface area contributed by atoms with Gasteiger partial charge in [0, 0.05) is 29.9 Å². The molecule has 1 saturated carbocycles. The number of H-pyrrole nitrogens is 1. The van der Waals surface area contributed by atoms with Gasteiger partial charge in [-0.05, 0) is 62.1 Å². The third kappa shape index (κ3) is 6.63. The molecule has 1 aromatic carbocycles. The summed E-state index contributed by atoms with van der Waals surface area (Å²) in [6.45, 7) is -0.708. The molecule has 15 heteroatoms. The predicted octanol–water partition coefficient (Wildman–Crippen LogP) is 1.16. The number of benzene rings is 1. The molecule has 0 unspecified atom stereocenters. The van der Waals surface area contributed by atoms with Crippen LogP contribution in [0.4, 0.5) is 0 Å². The van der Waals surface area contributed by atoms with Gasteiger partial charge in [0.1, 0.15) is 30.8 Å². The van der Waals surface area contributed by atoms with Gasteiger partial charge in [-0.3, -0.25) is 23.7 Å². The number of aliphatic hydroxyl groups is 1. The van der Waals surface area contributed by atoms with Crippen LogP contribution < -0.4 is 10.1 Å². The Balaban J connectivity index is 1.28. The fourth-order valence-electron chi connectivity index (χ4n) is 6.82. The van der Waals surface area contributed by atoms with Gasteiger partial charge in [-0.25, -0.2) is 4.57 Å². The van der Waals surface area contributed by atoms with E-state index in [1.54, 1.807) is 24.1 Å². The average molecular weight is 621 g/mol. The Bertz CT molecular complexity index is 1440. The number of fused-ring (bicyclic) bond motifs is 2. The maximum atomic E-state index is 13.8. The van der Waals surface area contributed by atoms with Crippen molar-refractivity contribution in [1.82, 2.24) is 20.1 Å². The number of likely N-dealkylation sites (tertiary alicyclic amines) is 2. The lowest BCUT2D eigenvalue weighted by Crippen LogP contribution is -2.53. The Kier molecular flexibility index (Phi) is 9.23. The van der Waals surface area contributed by atoms with Gasteiger partial charge in [0.15, 0.2) is 5.78 Å². The van der Waals surface area contributed by atoms with Gasteiger partial charge in [-0.15, -0.1) is 0 Å². The number of nitrogens with zero attached hydrogens (tertiary/aromatic N) is 2. The van der Waals surface area contributed by atoms with Crippen LogP contribution in [0.25, 0.3) is 10.9 Å². The summed E-state index contributed by atoms with van der Waals surface area (Å²) in [6.07, 6.45) is 3.28. The average Bonchev–Trinajstić information content (AvgIpc) is 3.75. The summed E-state index contributed by atoms with van der Waals surface area (Å²) in [4.78, 5) is 76.7. The fraction of sp³-hybridized carbons (Fsp3) is 0.571. The number of ketones is 1. The Morgan fingerprint density at radius 2 is 2.00 bits per heavy atom. The number of hydrogen-bond donors (Lipinski definition) is 5. The molecule has 5 atom stereocenters. The van der Waals surface area contributed by atoms with Crippen LogP contribution in [-0.4, -0.2) is 98.8 Å². The quantitative estimate of drug-likeness (QED) is 0.215. The van der Waals surface area contributed by atoms with Crippen LogP contribution in [0, 0.1) is 17.8 Å². The van der Waals surface area contributed by atoms with Crippen LogP contribution in [0.15, 0.2) is 24.3 Å². The molecule has 5 rings (SSSR count). The molecule has 3 aliphatic rings. The fourth-order valence-corrected chi connectivity index (χ4v) is 7.11. The zero-order valence-corrected chi connectivity index (χ0v) is 24.7. The molecule has 1 aromatic heterocycles. The van der Waals surface area contributed by atoms with E-state index < -0.39 is 50.9 Å². The molecule has 2 saturated heterocycles. The minimum Gasteiger partial charge on any atom is -0.496 e. The molecule has 3 fully saturated rings. The zero-order valence-electron chi connectivity index (χ0n) is 23.8. The first-order valence-electron chi connectivity index (χ1n) is 14.4. The van der Waals surface area contributed by atoms with E-state index >= 15 is 0 Å². The number of phosphoric acid groups is 1. The molecule has 3 heterocycles. The lowest BCUT2D eigenvalue weighted by molar-refractivity contribution is -0.134. The molecule has 1 aliphatic carbocycles. The van der Waals surface area contributed by atoms with E-state index in [2.05, 4.69) is 14.8 Å². The molecule has 14 nitrogen and oxygen atoms in total. The van der Waals surface area contributed by atoms with E-state index in [0.717, 1.165) is 30.2 Å². The number of phosphoric ester groups is 1. The highest BCUT2D eigenvalue weighted by molar-refractivity contribution is 7.46. The number of Topliss-reactive ketones (excluding diaryl/α,β-unsaturated/α-hetero) is 1. The van der Waals surface area contributed by atoms with Crippen molar-refractivity contribution in [3.8, 4) is 5.75 Å². The number of nitrogens with one attached hydrogen (secondary N) is 2. The number of carbonyl (C=O) groups excluding carboxylic acids is 4. The molecule has 2 aliphatic heterocycles. The van der Waals surface area contributed by atoms with Crippen molar-refractivity contribution < 1.29 is 47.9 Å². The van der Waals surface area contributed by atoms with Crippen LogP contribution in [0.3, 0.4) is 0 Å². The number of amides is 3. The predicted molar refractivity (Wildman–Crippen MR) is 152 cm³/mol. The number of aliphatic hydroxyl groups excluding tert-OH is 1. The van der Waals surface area contributed by atoms with E-state index in [1.165, 1.54) is 4.90 Å². The Hall–Kier alpha value is -3.29. The second-order valence-corrected chi connectivity index (χ2v) is 12.7. The lowest BCUT2D eigenvalue weighted by Gasteiger charge is -2.29. The molecular formula is C28H37N4O10P. The Labute approximate surface area is 247 Å². The van der Waals surface area contributed by atoms with Gasteiger partial charge in [-0.2, -0.15) is 0 Å². The molecule has 0 radical (unpaired) electrons. The van der Waals surface area contributed by atoms with E-state index in [0.29, 0.717) is 24.4 Å². The number of rotatable bonds is 12. The molecule has 43 heavy (non-hydrogen) atoms. The summed E-state index contributed by atoms with van der Waals surface area (Å²) in [6, 6.07) is 5.29. The highest BCUT2D eigenvalue weighted by Crippen LogP contribution is 2.43. The van der Waals surface area contributed by atoms with Gasteiger partial charge < -0.3 is 39.7 Å². The first-order valence-corrected chi connectivity index (χ1v) is 15.9. The third-order valence-electron chi connectivity index (χ3n) is 8.95. The van der Waals surface area contributed by atoms with E-state index in [9.17, 15) is 28.8 Å². The molecule has 0 spiro atoms. The first kappa shape index (κ1) is 31.1. The van der Waals surface area contributed by atoms with Crippen molar-refractivity contribution in [2.24, 2.45) is 17.8 Å². The number of hydrogen-bond acceptors (Lipinski definition) is 8. The van der Waals surface area contributed by atoms with E-state index in [4.69, 9.17) is 14.5 Å². The van der Waals surface area contributed by atoms with Crippen LogP contribution in [0.5, 0.6) is 5.75 Å². The molecule has 234 valence electrons. The number of aromatic nitrogens is 1.